The van der Waals surface area contributed by atoms with E-state index in [1.807, 2.05) is 0 Å². The number of hydrogen-bond acceptors (Lipinski definition) is 3. The molecule has 1 aliphatic rings. The molecule has 2 unspecified atom stereocenters. The van der Waals surface area contributed by atoms with Crippen LogP contribution in [0.1, 0.15) is 49.4 Å². The lowest BCUT2D eigenvalue weighted by atomic mass is 9.84. The smallest absolute Gasteiger partial charge is 0.335 e. The van der Waals surface area contributed by atoms with E-state index in [-0.39, 0.29) is 5.56 Å². The molecule has 4 nitrogen and oxygen atoms in total. The summed E-state index contributed by atoms with van der Waals surface area (Å²) in [7, 11) is 0. The number of nitrogen functional groups attached to an aromatic ring is 1. The molecule has 104 valence electrons. The van der Waals surface area contributed by atoms with E-state index >= 15 is 0 Å². The first-order valence-electron chi connectivity index (χ1n) is 6.99. The first-order chi connectivity index (χ1) is 9.10. The monoisotopic (exact) mass is 262 g/mol. The molecule has 2 atom stereocenters. The third kappa shape index (κ3) is 3.40. The van der Waals surface area contributed by atoms with Crippen molar-refractivity contribution in [2.24, 2.45) is 5.92 Å². The molecule has 0 spiro atoms. The Hall–Kier alpha value is -1.71. The summed E-state index contributed by atoms with van der Waals surface area (Å²) in [5.74, 6) is -0.146. The van der Waals surface area contributed by atoms with Gasteiger partial charge in [0.25, 0.3) is 0 Å². The Bertz CT molecular complexity index is 459. The minimum absolute atomic E-state index is 0.234. The second kappa shape index (κ2) is 5.95. The molecule has 1 aromatic rings. The second-order valence-corrected chi connectivity index (χ2v) is 5.39. The molecule has 1 aliphatic carbocycles. The minimum atomic E-state index is -0.943. The zero-order valence-electron chi connectivity index (χ0n) is 11.4. The van der Waals surface area contributed by atoms with E-state index in [0.717, 1.165) is 18.0 Å². The van der Waals surface area contributed by atoms with Gasteiger partial charge in [0.2, 0.25) is 0 Å². The molecule has 1 fully saturated rings. The number of carboxylic acid groups (broad SMARTS) is 1. The Balaban J connectivity index is 2.04. The maximum atomic E-state index is 10.9. The molecule has 0 amide bonds. The van der Waals surface area contributed by atoms with E-state index in [2.05, 4.69) is 12.2 Å². The van der Waals surface area contributed by atoms with Crippen molar-refractivity contribution >= 4 is 17.3 Å². The fraction of sp³-hybridized carbons (Fsp3) is 0.533. The molecule has 0 aliphatic heterocycles. The predicted molar refractivity (Wildman–Crippen MR) is 77.5 cm³/mol. The molecule has 0 saturated heterocycles. The number of rotatable bonds is 4. The average molecular weight is 262 g/mol. The normalized spacial score (nSPS) is 23.0. The zero-order chi connectivity index (χ0) is 13.8. The molecular formula is C15H22N2O2. The van der Waals surface area contributed by atoms with Crippen molar-refractivity contribution in [1.82, 2.24) is 0 Å². The average Bonchev–Trinajstić information content (AvgIpc) is 2.41. The van der Waals surface area contributed by atoms with Crippen LogP contribution in [0.3, 0.4) is 0 Å². The second-order valence-electron chi connectivity index (χ2n) is 5.39. The van der Waals surface area contributed by atoms with Crippen molar-refractivity contribution in [2.75, 3.05) is 11.1 Å². The van der Waals surface area contributed by atoms with Gasteiger partial charge in [0.15, 0.2) is 0 Å². The highest BCUT2D eigenvalue weighted by atomic mass is 16.4. The molecule has 4 N–H and O–H groups in total. The minimum Gasteiger partial charge on any atom is -0.478 e. The number of aromatic carboxylic acids is 1. The van der Waals surface area contributed by atoms with Crippen molar-refractivity contribution in [3.63, 3.8) is 0 Å². The summed E-state index contributed by atoms with van der Waals surface area (Å²) < 4.78 is 0. The summed E-state index contributed by atoms with van der Waals surface area (Å²) in [6, 6.07) is 5.34. The van der Waals surface area contributed by atoms with Crippen LogP contribution >= 0.6 is 0 Å². The topological polar surface area (TPSA) is 75.3 Å². The largest absolute Gasteiger partial charge is 0.478 e. The third-order valence-electron chi connectivity index (χ3n) is 4.02. The van der Waals surface area contributed by atoms with E-state index in [9.17, 15) is 4.79 Å². The number of anilines is 2. The summed E-state index contributed by atoms with van der Waals surface area (Å²) in [6.45, 7) is 2.24. The molecule has 0 aromatic heterocycles. The van der Waals surface area contributed by atoms with Crippen molar-refractivity contribution in [3.05, 3.63) is 23.8 Å². The third-order valence-corrected chi connectivity index (χ3v) is 4.02. The number of benzene rings is 1. The number of hydrogen-bond donors (Lipinski definition) is 3. The van der Waals surface area contributed by atoms with Crippen LogP contribution in [0, 0.1) is 5.92 Å². The number of carboxylic acids is 1. The van der Waals surface area contributed by atoms with Gasteiger partial charge in [-0.05, 0) is 37.0 Å². The molecule has 0 radical (unpaired) electrons. The molecule has 2 rings (SSSR count). The highest BCUT2D eigenvalue weighted by Crippen LogP contribution is 2.30. The maximum Gasteiger partial charge on any atom is 0.335 e. The van der Waals surface area contributed by atoms with Crippen LogP contribution in [0.25, 0.3) is 0 Å². The molecule has 0 heterocycles. The van der Waals surface area contributed by atoms with Gasteiger partial charge < -0.3 is 16.2 Å². The van der Waals surface area contributed by atoms with Gasteiger partial charge >= 0.3 is 5.97 Å². The predicted octanol–water partition coefficient (Wildman–Crippen LogP) is 3.35. The van der Waals surface area contributed by atoms with Gasteiger partial charge in [-0.2, -0.15) is 0 Å². The Morgan fingerprint density at radius 3 is 2.89 bits per heavy atom. The summed E-state index contributed by atoms with van der Waals surface area (Å²) in [6.07, 6.45) is 6.14. The van der Waals surface area contributed by atoms with Crippen molar-refractivity contribution < 1.29 is 9.90 Å². The van der Waals surface area contributed by atoms with Gasteiger partial charge in [-0.25, -0.2) is 4.79 Å². The van der Waals surface area contributed by atoms with Crippen LogP contribution in [0.4, 0.5) is 11.4 Å². The first kappa shape index (κ1) is 13.7. The highest BCUT2D eigenvalue weighted by Gasteiger charge is 2.21. The lowest BCUT2D eigenvalue weighted by molar-refractivity contribution is 0.0697. The highest BCUT2D eigenvalue weighted by molar-refractivity contribution is 5.90. The van der Waals surface area contributed by atoms with Crippen LogP contribution in [0.15, 0.2) is 18.2 Å². The lowest BCUT2D eigenvalue weighted by Gasteiger charge is -2.30. The van der Waals surface area contributed by atoms with Crippen LogP contribution in [0.5, 0.6) is 0 Å². The fourth-order valence-electron chi connectivity index (χ4n) is 2.84. The zero-order valence-corrected chi connectivity index (χ0v) is 11.4. The lowest BCUT2D eigenvalue weighted by Crippen LogP contribution is -2.27. The summed E-state index contributed by atoms with van der Waals surface area (Å²) in [4.78, 5) is 10.9. The quantitative estimate of drug-likeness (QED) is 0.727. The van der Waals surface area contributed by atoms with Gasteiger partial charge in [0.1, 0.15) is 0 Å². The van der Waals surface area contributed by atoms with Gasteiger partial charge in [-0.1, -0.05) is 26.2 Å². The molecule has 4 heteroatoms. The van der Waals surface area contributed by atoms with E-state index in [1.165, 1.54) is 31.7 Å². The van der Waals surface area contributed by atoms with E-state index in [1.54, 1.807) is 12.1 Å². The van der Waals surface area contributed by atoms with Gasteiger partial charge in [-0.15, -0.1) is 0 Å². The maximum absolute atomic E-state index is 10.9. The molecule has 1 saturated carbocycles. The Kier molecular flexibility index (Phi) is 4.30. The van der Waals surface area contributed by atoms with Gasteiger partial charge in [0.05, 0.1) is 16.9 Å². The first-order valence-corrected chi connectivity index (χ1v) is 6.99. The Labute approximate surface area is 114 Å². The van der Waals surface area contributed by atoms with Crippen molar-refractivity contribution in [1.29, 1.82) is 0 Å². The van der Waals surface area contributed by atoms with Crippen LogP contribution < -0.4 is 11.1 Å². The van der Waals surface area contributed by atoms with E-state index in [4.69, 9.17) is 10.8 Å². The van der Waals surface area contributed by atoms with Gasteiger partial charge in [-0.3, -0.25) is 0 Å². The molecule has 0 bridgehead atoms. The number of nitrogens with one attached hydrogen (secondary N) is 1. The summed E-state index contributed by atoms with van der Waals surface area (Å²) in [5, 5.41) is 12.4. The number of nitrogens with two attached hydrogens (primary N) is 1. The Morgan fingerprint density at radius 1 is 1.47 bits per heavy atom. The molecular weight excluding hydrogens is 240 g/mol. The van der Waals surface area contributed by atoms with Crippen LogP contribution in [-0.4, -0.2) is 17.1 Å². The Morgan fingerprint density at radius 2 is 2.26 bits per heavy atom. The van der Waals surface area contributed by atoms with Crippen LogP contribution in [-0.2, 0) is 0 Å². The molecule has 19 heavy (non-hydrogen) atoms. The number of carbonyl (C=O) groups is 1. The SMILES string of the molecule is CCC1CCCC(Nc2ccc(C(=O)O)cc2N)C1. The van der Waals surface area contributed by atoms with Crippen molar-refractivity contribution in [3.8, 4) is 0 Å². The standard InChI is InChI=1S/C15H22N2O2/c1-2-10-4-3-5-12(8-10)17-14-7-6-11(15(18)19)9-13(14)16/h6-7,9-10,12,17H,2-5,8,16H2,1H3,(H,18,19). The summed E-state index contributed by atoms with van der Waals surface area (Å²) >= 11 is 0. The van der Waals surface area contributed by atoms with E-state index < -0.39 is 5.97 Å². The molecule has 1 aromatic carbocycles. The van der Waals surface area contributed by atoms with Crippen molar-refractivity contribution in [2.45, 2.75) is 45.1 Å². The van der Waals surface area contributed by atoms with Gasteiger partial charge in [0, 0.05) is 6.04 Å². The van der Waals surface area contributed by atoms with E-state index in [0.29, 0.717) is 11.7 Å². The summed E-state index contributed by atoms with van der Waals surface area (Å²) in [5.41, 5.74) is 7.52. The fourth-order valence-corrected chi connectivity index (χ4v) is 2.84. The van der Waals surface area contributed by atoms with Crippen LogP contribution in [0.2, 0.25) is 0 Å².